The summed E-state index contributed by atoms with van der Waals surface area (Å²) in [5.41, 5.74) is 2.39. The molecule has 1 aliphatic rings. The molecular weight excluding hydrogens is 304 g/mol. The highest BCUT2D eigenvalue weighted by Crippen LogP contribution is 2.31. The fraction of sp³-hybridized carbons (Fsp3) is 0.600. The largest absolute Gasteiger partial charge is 0.379 e. The van der Waals surface area contributed by atoms with E-state index in [4.69, 9.17) is 4.74 Å². The number of halogens is 1. The highest BCUT2D eigenvalue weighted by atomic mass is 79.9. The van der Waals surface area contributed by atoms with Gasteiger partial charge in [0.15, 0.2) is 0 Å². The maximum absolute atomic E-state index is 5.62. The van der Waals surface area contributed by atoms with Crippen molar-refractivity contribution in [3.8, 4) is 0 Å². The molecule has 0 aromatic heterocycles. The minimum atomic E-state index is 0.322. The molecule has 0 heterocycles. The molecule has 0 amide bonds. The maximum Gasteiger partial charge on any atom is 0.0772 e. The number of ether oxygens (including phenoxy) is 1. The first-order valence-corrected chi connectivity index (χ1v) is 7.67. The van der Waals surface area contributed by atoms with E-state index in [0.717, 1.165) is 10.9 Å². The molecule has 0 saturated heterocycles. The van der Waals surface area contributed by atoms with E-state index >= 15 is 0 Å². The lowest BCUT2D eigenvalue weighted by atomic mass is 9.92. The topological polar surface area (TPSA) is 24.5 Å². The van der Waals surface area contributed by atoms with E-state index in [9.17, 15) is 0 Å². The third kappa shape index (κ3) is 3.63. The monoisotopic (exact) mass is 326 g/mol. The smallest absolute Gasteiger partial charge is 0.0772 e. The Morgan fingerprint density at radius 3 is 2.68 bits per heavy atom. The zero-order valence-corrected chi connectivity index (χ0v) is 13.5. The molecule has 3 nitrogen and oxygen atoms in total. The molecule has 1 aromatic carbocycles. The minimum Gasteiger partial charge on any atom is -0.379 e. The van der Waals surface area contributed by atoms with Gasteiger partial charge in [0.05, 0.1) is 23.5 Å². The Bertz CT molecular complexity index is 423. The summed E-state index contributed by atoms with van der Waals surface area (Å²) in [7, 11) is 5.96. The van der Waals surface area contributed by atoms with Gasteiger partial charge < -0.3 is 15.0 Å². The van der Waals surface area contributed by atoms with E-state index in [2.05, 4.69) is 58.4 Å². The molecule has 0 bridgehead atoms. The Morgan fingerprint density at radius 1 is 1.26 bits per heavy atom. The fourth-order valence-corrected chi connectivity index (χ4v) is 3.12. The van der Waals surface area contributed by atoms with Gasteiger partial charge in [0.2, 0.25) is 0 Å². The van der Waals surface area contributed by atoms with Crippen LogP contribution in [-0.2, 0) is 4.74 Å². The predicted molar refractivity (Wildman–Crippen MR) is 85.1 cm³/mol. The van der Waals surface area contributed by atoms with Crippen molar-refractivity contribution in [3.05, 3.63) is 22.7 Å². The van der Waals surface area contributed by atoms with Crippen LogP contribution in [0.25, 0.3) is 0 Å². The lowest BCUT2D eigenvalue weighted by Gasteiger charge is -2.33. The molecule has 106 valence electrons. The van der Waals surface area contributed by atoms with Gasteiger partial charge in [-0.15, -0.1) is 0 Å². The summed E-state index contributed by atoms with van der Waals surface area (Å²) < 4.78 is 6.72. The van der Waals surface area contributed by atoms with E-state index in [1.54, 1.807) is 0 Å². The number of rotatable bonds is 4. The Labute approximate surface area is 124 Å². The molecule has 19 heavy (non-hydrogen) atoms. The van der Waals surface area contributed by atoms with Crippen molar-refractivity contribution in [2.24, 2.45) is 0 Å². The molecule has 2 unspecified atom stereocenters. The standard InChI is InChI=1S/C15H23BrN2O/c1-18(2)14-9-8-11(16)10-13(14)17-12-6-4-5-7-15(12)19-3/h8-10,12,15,17H,4-7H2,1-3H3. The van der Waals surface area contributed by atoms with Crippen LogP contribution in [0, 0.1) is 0 Å². The Hall–Kier alpha value is -0.740. The molecule has 0 aliphatic heterocycles. The molecule has 1 aromatic rings. The lowest BCUT2D eigenvalue weighted by Crippen LogP contribution is -2.38. The number of nitrogens with zero attached hydrogens (tertiary/aromatic N) is 1. The van der Waals surface area contributed by atoms with Crippen molar-refractivity contribution in [1.29, 1.82) is 0 Å². The molecule has 2 atom stereocenters. The third-order valence-electron chi connectivity index (χ3n) is 3.79. The van der Waals surface area contributed by atoms with Crippen LogP contribution in [0.15, 0.2) is 22.7 Å². The second kappa shape index (κ2) is 6.62. The molecule has 2 rings (SSSR count). The van der Waals surface area contributed by atoms with Crippen molar-refractivity contribution >= 4 is 27.3 Å². The SMILES string of the molecule is COC1CCCCC1Nc1cc(Br)ccc1N(C)C. The van der Waals surface area contributed by atoms with Crippen LogP contribution in [-0.4, -0.2) is 33.4 Å². The van der Waals surface area contributed by atoms with E-state index < -0.39 is 0 Å². The Balaban J connectivity index is 2.19. The number of anilines is 2. The first-order chi connectivity index (χ1) is 9.11. The zero-order chi connectivity index (χ0) is 13.8. The zero-order valence-electron chi connectivity index (χ0n) is 11.9. The summed E-state index contributed by atoms with van der Waals surface area (Å²) in [6, 6.07) is 6.77. The second-order valence-electron chi connectivity index (χ2n) is 5.37. The predicted octanol–water partition coefficient (Wildman–Crippen LogP) is 3.88. The summed E-state index contributed by atoms with van der Waals surface area (Å²) >= 11 is 3.55. The highest BCUT2D eigenvalue weighted by molar-refractivity contribution is 9.10. The summed E-state index contributed by atoms with van der Waals surface area (Å²) in [6.07, 6.45) is 5.21. The van der Waals surface area contributed by atoms with Gasteiger partial charge in [-0.3, -0.25) is 0 Å². The van der Waals surface area contributed by atoms with Crippen molar-refractivity contribution in [2.45, 2.75) is 37.8 Å². The average Bonchev–Trinajstić information content (AvgIpc) is 2.39. The third-order valence-corrected chi connectivity index (χ3v) is 4.28. The number of benzene rings is 1. The van der Waals surface area contributed by atoms with Gasteiger partial charge >= 0.3 is 0 Å². The summed E-state index contributed by atoms with van der Waals surface area (Å²) in [6.45, 7) is 0. The van der Waals surface area contributed by atoms with E-state index in [-0.39, 0.29) is 0 Å². The van der Waals surface area contributed by atoms with Gasteiger partial charge in [-0.2, -0.15) is 0 Å². The molecule has 1 N–H and O–H groups in total. The van der Waals surface area contributed by atoms with Crippen LogP contribution in [0.3, 0.4) is 0 Å². The minimum absolute atomic E-state index is 0.322. The quantitative estimate of drug-likeness (QED) is 0.908. The number of hydrogen-bond acceptors (Lipinski definition) is 3. The highest BCUT2D eigenvalue weighted by Gasteiger charge is 2.25. The molecule has 1 aliphatic carbocycles. The first kappa shape index (κ1) is 14.7. The van der Waals surface area contributed by atoms with E-state index in [0.29, 0.717) is 12.1 Å². The van der Waals surface area contributed by atoms with Gasteiger partial charge in [0.1, 0.15) is 0 Å². The normalized spacial score (nSPS) is 23.2. The van der Waals surface area contributed by atoms with Crippen LogP contribution >= 0.6 is 15.9 Å². The van der Waals surface area contributed by atoms with Crippen LogP contribution in [0.2, 0.25) is 0 Å². The molecular formula is C15H23BrN2O. The number of hydrogen-bond donors (Lipinski definition) is 1. The molecule has 0 radical (unpaired) electrons. The molecule has 1 fully saturated rings. The molecule has 4 heteroatoms. The fourth-order valence-electron chi connectivity index (χ4n) is 2.76. The van der Waals surface area contributed by atoms with E-state index in [1.807, 2.05) is 7.11 Å². The van der Waals surface area contributed by atoms with Crippen LogP contribution < -0.4 is 10.2 Å². The van der Waals surface area contributed by atoms with Gasteiger partial charge in [0.25, 0.3) is 0 Å². The van der Waals surface area contributed by atoms with Crippen LogP contribution in [0.5, 0.6) is 0 Å². The lowest BCUT2D eigenvalue weighted by molar-refractivity contribution is 0.0606. The van der Waals surface area contributed by atoms with Crippen molar-refractivity contribution in [2.75, 3.05) is 31.4 Å². The molecule has 1 saturated carbocycles. The van der Waals surface area contributed by atoms with Gasteiger partial charge in [0, 0.05) is 25.7 Å². The summed E-state index contributed by atoms with van der Waals surface area (Å²) in [5, 5.41) is 3.68. The van der Waals surface area contributed by atoms with E-state index in [1.165, 1.54) is 30.6 Å². The average molecular weight is 327 g/mol. The van der Waals surface area contributed by atoms with Crippen molar-refractivity contribution < 1.29 is 4.74 Å². The van der Waals surface area contributed by atoms with Gasteiger partial charge in [-0.05, 0) is 31.0 Å². The number of nitrogens with one attached hydrogen (secondary N) is 1. The van der Waals surface area contributed by atoms with Crippen molar-refractivity contribution in [1.82, 2.24) is 0 Å². The molecule has 0 spiro atoms. The maximum atomic E-state index is 5.62. The first-order valence-electron chi connectivity index (χ1n) is 6.88. The Kier molecular flexibility index (Phi) is 5.11. The van der Waals surface area contributed by atoms with Gasteiger partial charge in [-0.25, -0.2) is 0 Å². The summed E-state index contributed by atoms with van der Waals surface area (Å²) in [5.74, 6) is 0. The number of methoxy groups -OCH3 is 1. The Morgan fingerprint density at radius 2 is 2.00 bits per heavy atom. The van der Waals surface area contributed by atoms with Crippen LogP contribution in [0.1, 0.15) is 25.7 Å². The summed E-state index contributed by atoms with van der Waals surface area (Å²) in [4.78, 5) is 2.14. The van der Waals surface area contributed by atoms with Gasteiger partial charge in [-0.1, -0.05) is 28.8 Å². The van der Waals surface area contributed by atoms with Crippen molar-refractivity contribution in [3.63, 3.8) is 0 Å². The second-order valence-corrected chi connectivity index (χ2v) is 6.28. The van der Waals surface area contributed by atoms with Crippen LogP contribution in [0.4, 0.5) is 11.4 Å².